The van der Waals surface area contributed by atoms with Gasteiger partial charge in [0.25, 0.3) is 0 Å². The molecule has 0 unspecified atom stereocenters. The lowest BCUT2D eigenvalue weighted by atomic mass is 10.1. The molecular weight excluding hydrogens is 300 g/mol. The van der Waals surface area contributed by atoms with Crippen molar-refractivity contribution >= 4 is 6.03 Å². The normalized spacial score (nSPS) is 18.4. The molecule has 5 nitrogen and oxygen atoms in total. The van der Waals surface area contributed by atoms with Gasteiger partial charge in [0.2, 0.25) is 0 Å². The number of urea groups is 1. The van der Waals surface area contributed by atoms with Gasteiger partial charge in [0.05, 0.1) is 12.4 Å². The van der Waals surface area contributed by atoms with E-state index in [1.54, 1.807) is 12.5 Å². The summed E-state index contributed by atoms with van der Waals surface area (Å²) >= 11 is 0. The van der Waals surface area contributed by atoms with Gasteiger partial charge in [-0.25, -0.2) is 9.78 Å². The van der Waals surface area contributed by atoms with Crippen LogP contribution in [0.25, 0.3) is 5.69 Å². The third-order valence-electron chi connectivity index (χ3n) is 5.10. The first-order valence-corrected chi connectivity index (χ1v) is 8.86. The molecule has 0 bridgehead atoms. The largest absolute Gasteiger partial charge is 0.335 e. The van der Waals surface area contributed by atoms with E-state index in [0.29, 0.717) is 17.9 Å². The second kappa shape index (κ2) is 6.30. The fraction of sp³-hybridized carbons (Fsp3) is 0.474. The van der Waals surface area contributed by atoms with Gasteiger partial charge in [0, 0.05) is 24.1 Å². The molecule has 24 heavy (non-hydrogen) atoms. The summed E-state index contributed by atoms with van der Waals surface area (Å²) in [6.45, 7) is 2.02. The standard InChI is InChI=1S/C19H24N4O/c1-13(14-6-8-17(9-7-14)23-11-10-20-12-23)21-19(24)22-18(15-2-3-15)16-4-5-16/h6-13,15-16,18H,2-5H2,1H3,(H2,21,22,24)/t13-/m0/s1. The summed E-state index contributed by atoms with van der Waals surface area (Å²) in [5.74, 6) is 1.43. The molecule has 5 heteroatoms. The van der Waals surface area contributed by atoms with E-state index < -0.39 is 0 Å². The number of nitrogens with one attached hydrogen (secondary N) is 2. The predicted molar refractivity (Wildman–Crippen MR) is 92.9 cm³/mol. The van der Waals surface area contributed by atoms with Crippen LogP contribution < -0.4 is 10.6 Å². The minimum absolute atomic E-state index is 0.0131. The van der Waals surface area contributed by atoms with Crippen LogP contribution in [0.1, 0.15) is 44.2 Å². The van der Waals surface area contributed by atoms with Crippen LogP contribution in [0.15, 0.2) is 43.0 Å². The second-order valence-electron chi connectivity index (χ2n) is 7.10. The van der Waals surface area contributed by atoms with Crippen molar-refractivity contribution in [2.24, 2.45) is 11.8 Å². The Balaban J connectivity index is 1.35. The molecule has 1 aromatic heterocycles. The lowest BCUT2D eigenvalue weighted by Gasteiger charge is -2.21. The maximum absolute atomic E-state index is 12.3. The number of amides is 2. The summed E-state index contributed by atoms with van der Waals surface area (Å²) < 4.78 is 1.96. The highest BCUT2D eigenvalue weighted by molar-refractivity contribution is 5.75. The van der Waals surface area contributed by atoms with Crippen LogP contribution in [0.4, 0.5) is 4.79 Å². The van der Waals surface area contributed by atoms with Gasteiger partial charge in [0.1, 0.15) is 0 Å². The molecule has 1 atom stereocenters. The van der Waals surface area contributed by atoms with E-state index in [0.717, 1.165) is 11.3 Å². The Labute approximate surface area is 142 Å². The molecule has 2 aliphatic carbocycles. The van der Waals surface area contributed by atoms with Gasteiger partial charge in [-0.3, -0.25) is 0 Å². The van der Waals surface area contributed by atoms with E-state index in [2.05, 4.69) is 27.8 Å². The van der Waals surface area contributed by atoms with E-state index >= 15 is 0 Å². The summed E-state index contributed by atoms with van der Waals surface area (Å²) in [4.78, 5) is 16.4. The van der Waals surface area contributed by atoms with Gasteiger partial charge < -0.3 is 15.2 Å². The molecule has 2 aromatic rings. The molecule has 0 saturated heterocycles. The van der Waals surface area contributed by atoms with Crippen LogP contribution in [0.2, 0.25) is 0 Å². The van der Waals surface area contributed by atoms with Crippen molar-refractivity contribution in [1.29, 1.82) is 0 Å². The topological polar surface area (TPSA) is 59.0 Å². The molecule has 0 radical (unpaired) electrons. The molecule has 2 aliphatic rings. The highest BCUT2D eigenvalue weighted by Gasteiger charge is 2.42. The number of rotatable bonds is 6. The molecule has 2 amide bonds. The van der Waals surface area contributed by atoms with Crippen LogP contribution in [0.3, 0.4) is 0 Å². The molecule has 2 saturated carbocycles. The molecule has 0 aliphatic heterocycles. The number of carbonyl (C=O) groups is 1. The van der Waals surface area contributed by atoms with Crippen molar-refractivity contribution in [1.82, 2.24) is 20.2 Å². The van der Waals surface area contributed by atoms with E-state index in [4.69, 9.17) is 0 Å². The van der Waals surface area contributed by atoms with E-state index in [1.807, 2.05) is 29.8 Å². The molecule has 2 N–H and O–H groups in total. The SMILES string of the molecule is C[C@H](NC(=O)NC(C1CC1)C1CC1)c1ccc(-n2ccnc2)cc1. The summed E-state index contributed by atoms with van der Waals surface area (Å²) in [7, 11) is 0. The molecule has 2 fully saturated rings. The molecule has 126 valence electrons. The Hall–Kier alpha value is -2.30. The summed E-state index contributed by atoms with van der Waals surface area (Å²) in [6, 6.07) is 8.54. The first-order chi connectivity index (χ1) is 11.7. The first kappa shape index (κ1) is 15.2. The van der Waals surface area contributed by atoms with Gasteiger partial charge in [-0.2, -0.15) is 0 Å². The minimum atomic E-state index is -0.0370. The number of aromatic nitrogens is 2. The van der Waals surface area contributed by atoms with Crippen LogP contribution in [0.5, 0.6) is 0 Å². The van der Waals surface area contributed by atoms with Crippen LogP contribution in [0, 0.1) is 11.8 Å². The average molecular weight is 324 g/mol. The molecule has 4 rings (SSSR count). The monoisotopic (exact) mass is 324 g/mol. The first-order valence-electron chi connectivity index (χ1n) is 8.86. The van der Waals surface area contributed by atoms with Gasteiger partial charge in [-0.1, -0.05) is 12.1 Å². The minimum Gasteiger partial charge on any atom is -0.335 e. The lowest BCUT2D eigenvalue weighted by Crippen LogP contribution is -2.45. The average Bonchev–Trinajstić information content (AvgIpc) is 3.52. The smallest absolute Gasteiger partial charge is 0.315 e. The van der Waals surface area contributed by atoms with Crippen molar-refractivity contribution in [3.8, 4) is 5.69 Å². The number of imidazole rings is 1. The quantitative estimate of drug-likeness (QED) is 0.855. The van der Waals surface area contributed by atoms with Crippen LogP contribution in [-0.4, -0.2) is 21.6 Å². The number of hydrogen-bond acceptors (Lipinski definition) is 2. The van der Waals surface area contributed by atoms with E-state index in [9.17, 15) is 4.79 Å². The lowest BCUT2D eigenvalue weighted by molar-refractivity contribution is 0.230. The Morgan fingerprint density at radius 3 is 2.33 bits per heavy atom. The Bertz CT molecular complexity index is 675. The van der Waals surface area contributed by atoms with Gasteiger partial charge in [0.15, 0.2) is 0 Å². The Kier molecular flexibility index (Phi) is 4.00. The fourth-order valence-electron chi connectivity index (χ4n) is 3.35. The van der Waals surface area contributed by atoms with Crippen molar-refractivity contribution < 1.29 is 4.79 Å². The highest BCUT2D eigenvalue weighted by atomic mass is 16.2. The van der Waals surface area contributed by atoms with Crippen molar-refractivity contribution in [2.75, 3.05) is 0 Å². The second-order valence-corrected chi connectivity index (χ2v) is 7.10. The molecule has 0 spiro atoms. The van der Waals surface area contributed by atoms with Gasteiger partial charge in [-0.15, -0.1) is 0 Å². The van der Waals surface area contributed by atoms with E-state index in [-0.39, 0.29) is 12.1 Å². The summed E-state index contributed by atoms with van der Waals surface area (Å²) in [5.41, 5.74) is 2.17. The third-order valence-corrected chi connectivity index (χ3v) is 5.10. The van der Waals surface area contributed by atoms with Gasteiger partial charge in [-0.05, 0) is 62.1 Å². The van der Waals surface area contributed by atoms with Crippen molar-refractivity contribution in [3.05, 3.63) is 48.5 Å². The predicted octanol–water partition coefficient (Wildman–Crippen LogP) is 3.42. The summed E-state index contributed by atoms with van der Waals surface area (Å²) in [6.07, 6.45) is 10.5. The maximum Gasteiger partial charge on any atom is 0.315 e. The summed E-state index contributed by atoms with van der Waals surface area (Å²) in [5, 5.41) is 6.29. The van der Waals surface area contributed by atoms with Crippen molar-refractivity contribution in [2.45, 2.75) is 44.7 Å². The highest BCUT2D eigenvalue weighted by Crippen LogP contribution is 2.44. The number of hydrogen-bond donors (Lipinski definition) is 2. The zero-order valence-corrected chi connectivity index (χ0v) is 14.0. The number of benzene rings is 1. The fourth-order valence-corrected chi connectivity index (χ4v) is 3.35. The molecular formula is C19H24N4O. The van der Waals surface area contributed by atoms with E-state index in [1.165, 1.54) is 25.7 Å². The Morgan fingerprint density at radius 2 is 1.79 bits per heavy atom. The van der Waals surface area contributed by atoms with Crippen LogP contribution >= 0.6 is 0 Å². The Morgan fingerprint density at radius 1 is 1.12 bits per heavy atom. The zero-order chi connectivity index (χ0) is 16.5. The molecule has 1 heterocycles. The number of nitrogens with zero attached hydrogens (tertiary/aromatic N) is 2. The zero-order valence-electron chi connectivity index (χ0n) is 14.0. The van der Waals surface area contributed by atoms with Gasteiger partial charge >= 0.3 is 6.03 Å². The maximum atomic E-state index is 12.3. The van der Waals surface area contributed by atoms with Crippen LogP contribution in [-0.2, 0) is 0 Å². The molecule has 1 aromatic carbocycles. The third kappa shape index (κ3) is 3.45. The van der Waals surface area contributed by atoms with Crippen molar-refractivity contribution in [3.63, 3.8) is 0 Å². The number of carbonyl (C=O) groups excluding carboxylic acids is 1.